The molecule has 1 aliphatic rings. The topological polar surface area (TPSA) is 67.8 Å². The third kappa shape index (κ3) is 4.27. The van der Waals surface area contributed by atoms with Gasteiger partial charge in [-0.2, -0.15) is 13.2 Å². The largest absolute Gasteiger partial charge is 0.466 e. The number of hydrogen-bond donors (Lipinski definition) is 1. The van der Waals surface area contributed by atoms with Crippen molar-refractivity contribution < 1.29 is 30.7 Å². The van der Waals surface area contributed by atoms with Crippen molar-refractivity contribution in [3.63, 3.8) is 0 Å². The predicted molar refractivity (Wildman–Crippen MR) is 96.7 cm³/mol. The number of anilines is 1. The van der Waals surface area contributed by atoms with E-state index in [1.807, 2.05) is 0 Å². The lowest BCUT2D eigenvalue weighted by atomic mass is 9.97. The van der Waals surface area contributed by atoms with Crippen LogP contribution in [0.3, 0.4) is 0 Å². The molecule has 0 aromatic heterocycles. The Labute approximate surface area is 159 Å². The standard InChI is InChI=1S/C18H16F4N2O3S/c1-17(2)23-16(10-4-7-14(19)13(8-10)18(20,21)22)12-6-5-11(9-15(12)27-17)24-28(3,25)26/h4-9,24H,1-3H3. The first-order valence-electron chi connectivity index (χ1n) is 8.03. The van der Waals surface area contributed by atoms with Gasteiger partial charge in [-0.25, -0.2) is 17.8 Å². The minimum absolute atomic E-state index is 0.0650. The van der Waals surface area contributed by atoms with Crippen LogP contribution in [-0.2, 0) is 16.2 Å². The van der Waals surface area contributed by atoms with E-state index < -0.39 is 33.3 Å². The van der Waals surface area contributed by atoms with Crippen LogP contribution in [0.25, 0.3) is 0 Å². The lowest BCUT2D eigenvalue weighted by Gasteiger charge is -2.30. The van der Waals surface area contributed by atoms with Crippen molar-refractivity contribution in [3.8, 4) is 5.75 Å². The molecule has 150 valence electrons. The van der Waals surface area contributed by atoms with Gasteiger partial charge < -0.3 is 4.74 Å². The highest BCUT2D eigenvalue weighted by Gasteiger charge is 2.36. The Balaban J connectivity index is 2.14. The summed E-state index contributed by atoms with van der Waals surface area (Å²) in [6, 6.07) is 6.97. The molecule has 0 atom stereocenters. The summed E-state index contributed by atoms with van der Waals surface area (Å²) in [7, 11) is -3.53. The number of nitrogens with one attached hydrogen (secondary N) is 1. The van der Waals surface area contributed by atoms with Crippen LogP contribution in [0, 0.1) is 5.82 Å². The molecule has 0 fully saturated rings. The Hall–Kier alpha value is -2.62. The Morgan fingerprint density at radius 2 is 1.79 bits per heavy atom. The normalized spacial score (nSPS) is 16.0. The van der Waals surface area contributed by atoms with E-state index in [-0.39, 0.29) is 22.7 Å². The first-order valence-corrected chi connectivity index (χ1v) is 9.92. The molecular weight excluding hydrogens is 400 g/mol. The number of ether oxygens (including phenoxy) is 1. The zero-order valence-corrected chi connectivity index (χ0v) is 15.9. The van der Waals surface area contributed by atoms with Crippen LogP contribution in [0.4, 0.5) is 23.2 Å². The molecule has 2 aromatic carbocycles. The number of nitrogens with zero attached hydrogens (tertiary/aromatic N) is 1. The lowest BCUT2D eigenvalue weighted by Crippen LogP contribution is -2.32. The Morgan fingerprint density at radius 1 is 1.11 bits per heavy atom. The van der Waals surface area contributed by atoms with Gasteiger partial charge in [0.15, 0.2) is 5.72 Å². The Bertz CT molecular complexity index is 1080. The second-order valence-corrected chi connectivity index (χ2v) is 8.54. The fraction of sp³-hybridized carbons (Fsp3) is 0.278. The molecule has 0 saturated carbocycles. The summed E-state index contributed by atoms with van der Waals surface area (Å²) >= 11 is 0. The van der Waals surface area contributed by atoms with Gasteiger partial charge in [0.25, 0.3) is 0 Å². The number of benzene rings is 2. The molecule has 28 heavy (non-hydrogen) atoms. The SMILES string of the molecule is CC1(C)N=C(c2ccc(F)c(C(F)(F)F)c2)c2ccc(NS(C)(=O)=O)cc2O1. The minimum atomic E-state index is -4.85. The van der Waals surface area contributed by atoms with Crippen LogP contribution in [-0.4, -0.2) is 26.1 Å². The first-order chi connectivity index (χ1) is 12.8. The molecule has 2 aromatic rings. The maximum absolute atomic E-state index is 13.6. The maximum atomic E-state index is 13.6. The summed E-state index contributed by atoms with van der Waals surface area (Å²) in [5.74, 6) is -1.14. The molecule has 1 aliphatic heterocycles. The quantitative estimate of drug-likeness (QED) is 0.764. The van der Waals surface area contributed by atoms with Crippen molar-refractivity contribution in [1.82, 2.24) is 0 Å². The van der Waals surface area contributed by atoms with Crippen molar-refractivity contribution in [2.75, 3.05) is 11.0 Å². The molecular formula is C18H16F4N2O3S. The van der Waals surface area contributed by atoms with Crippen molar-refractivity contribution in [1.29, 1.82) is 0 Å². The van der Waals surface area contributed by atoms with Gasteiger partial charge in [-0.3, -0.25) is 4.72 Å². The second-order valence-electron chi connectivity index (χ2n) is 6.79. The summed E-state index contributed by atoms with van der Waals surface area (Å²) < 4.78 is 83.8. The third-order valence-electron chi connectivity index (χ3n) is 3.83. The van der Waals surface area contributed by atoms with Gasteiger partial charge in [0, 0.05) is 17.2 Å². The zero-order valence-electron chi connectivity index (χ0n) is 15.1. The van der Waals surface area contributed by atoms with Gasteiger partial charge in [0.1, 0.15) is 11.6 Å². The molecule has 1 heterocycles. The van der Waals surface area contributed by atoms with Crippen LogP contribution in [0.1, 0.15) is 30.5 Å². The number of sulfonamides is 1. The van der Waals surface area contributed by atoms with Gasteiger partial charge in [-0.05, 0) is 44.2 Å². The first kappa shape index (κ1) is 20.1. The molecule has 0 bridgehead atoms. The van der Waals surface area contributed by atoms with Gasteiger partial charge in [0.2, 0.25) is 10.0 Å². The van der Waals surface area contributed by atoms with E-state index in [0.717, 1.165) is 12.3 Å². The maximum Gasteiger partial charge on any atom is 0.419 e. The molecule has 0 aliphatic carbocycles. The molecule has 3 rings (SSSR count). The van der Waals surface area contributed by atoms with E-state index in [9.17, 15) is 26.0 Å². The number of halogens is 4. The molecule has 5 nitrogen and oxygen atoms in total. The Morgan fingerprint density at radius 3 is 2.39 bits per heavy atom. The second kappa shape index (κ2) is 6.47. The van der Waals surface area contributed by atoms with Gasteiger partial charge in [-0.15, -0.1) is 0 Å². The van der Waals surface area contributed by atoms with Crippen molar-refractivity contribution >= 4 is 21.4 Å². The number of rotatable bonds is 3. The molecule has 0 spiro atoms. The van der Waals surface area contributed by atoms with Gasteiger partial charge >= 0.3 is 6.18 Å². The monoisotopic (exact) mass is 416 g/mol. The fourth-order valence-corrected chi connectivity index (χ4v) is 3.37. The van der Waals surface area contributed by atoms with Crippen molar-refractivity contribution in [2.24, 2.45) is 4.99 Å². The third-order valence-corrected chi connectivity index (χ3v) is 4.43. The minimum Gasteiger partial charge on any atom is -0.466 e. The zero-order chi connectivity index (χ0) is 20.9. The van der Waals surface area contributed by atoms with Crippen molar-refractivity contribution in [3.05, 3.63) is 58.9 Å². The van der Waals surface area contributed by atoms with E-state index in [4.69, 9.17) is 4.74 Å². The number of hydrogen-bond acceptors (Lipinski definition) is 4. The highest BCUT2D eigenvalue weighted by molar-refractivity contribution is 7.92. The average molecular weight is 416 g/mol. The van der Waals surface area contributed by atoms with E-state index in [0.29, 0.717) is 11.6 Å². The van der Waals surface area contributed by atoms with Gasteiger partial charge in [-0.1, -0.05) is 0 Å². The summed E-state index contributed by atoms with van der Waals surface area (Å²) in [5.41, 5.74) is -1.68. The van der Waals surface area contributed by atoms with Crippen LogP contribution in [0.5, 0.6) is 5.75 Å². The number of aliphatic imine (C=N–C) groups is 1. The van der Waals surface area contributed by atoms with Crippen molar-refractivity contribution in [2.45, 2.75) is 25.7 Å². The van der Waals surface area contributed by atoms with Gasteiger partial charge in [0.05, 0.1) is 23.2 Å². The highest BCUT2D eigenvalue weighted by atomic mass is 32.2. The number of fused-ring (bicyclic) bond motifs is 1. The van der Waals surface area contributed by atoms with Crippen LogP contribution < -0.4 is 9.46 Å². The molecule has 10 heteroatoms. The highest BCUT2D eigenvalue weighted by Crippen LogP contribution is 2.37. The van der Waals surface area contributed by atoms with E-state index in [1.54, 1.807) is 13.8 Å². The molecule has 0 radical (unpaired) electrons. The van der Waals surface area contributed by atoms with E-state index in [2.05, 4.69) is 9.71 Å². The van der Waals surface area contributed by atoms with E-state index >= 15 is 0 Å². The molecule has 0 saturated heterocycles. The summed E-state index contributed by atoms with van der Waals surface area (Å²) in [5, 5.41) is 0. The molecule has 0 amide bonds. The lowest BCUT2D eigenvalue weighted by molar-refractivity contribution is -0.140. The fourth-order valence-electron chi connectivity index (χ4n) is 2.81. The molecule has 0 unspecified atom stereocenters. The summed E-state index contributed by atoms with van der Waals surface area (Å²) in [4.78, 5) is 4.35. The van der Waals surface area contributed by atoms with Crippen LogP contribution in [0.2, 0.25) is 0 Å². The van der Waals surface area contributed by atoms with Crippen LogP contribution >= 0.6 is 0 Å². The predicted octanol–water partition coefficient (Wildman–Crippen LogP) is 4.18. The smallest absolute Gasteiger partial charge is 0.419 e. The summed E-state index contributed by atoms with van der Waals surface area (Å²) in [6.45, 7) is 3.20. The number of alkyl halides is 3. The molecule has 1 N–H and O–H groups in total. The summed E-state index contributed by atoms with van der Waals surface area (Å²) in [6.07, 6.45) is -3.87. The van der Waals surface area contributed by atoms with E-state index in [1.165, 1.54) is 24.3 Å². The average Bonchev–Trinajstić information content (AvgIpc) is 2.50. The van der Waals surface area contributed by atoms with Crippen LogP contribution in [0.15, 0.2) is 41.4 Å². The Kier molecular flexibility index (Phi) is 4.65.